The molecule has 2 unspecified atom stereocenters. The molecule has 1 aromatic heterocycles. The van der Waals surface area contributed by atoms with E-state index in [2.05, 4.69) is 5.32 Å². The van der Waals surface area contributed by atoms with Gasteiger partial charge in [0.05, 0.1) is 18.6 Å². The van der Waals surface area contributed by atoms with Crippen molar-refractivity contribution in [3.05, 3.63) is 24.2 Å². The first-order chi connectivity index (χ1) is 8.86. The van der Waals surface area contributed by atoms with Gasteiger partial charge >= 0.3 is 0 Å². The molecule has 0 fully saturated rings. The largest absolute Gasteiger partial charge is 0.467 e. The zero-order chi connectivity index (χ0) is 14.5. The lowest BCUT2D eigenvalue weighted by atomic mass is 10.3. The van der Waals surface area contributed by atoms with E-state index < -0.39 is 27.0 Å². The molecule has 0 aliphatic heterocycles. The van der Waals surface area contributed by atoms with Crippen molar-refractivity contribution in [3.63, 3.8) is 0 Å². The number of rotatable bonds is 7. The topological polar surface area (TPSA) is 102 Å². The van der Waals surface area contributed by atoms with E-state index in [1.54, 1.807) is 12.1 Å². The van der Waals surface area contributed by atoms with E-state index in [-0.39, 0.29) is 12.3 Å². The molecule has 0 aliphatic carbocycles. The van der Waals surface area contributed by atoms with Crippen molar-refractivity contribution in [3.8, 4) is 0 Å². The summed E-state index contributed by atoms with van der Waals surface area (Å²) in [5.74, 6) is -0.151. The number of furan rings is 1. The standard InChI is InChI=1S/C12H20N2O4S/c1-3-10(13)8-19(16,17)9(2)12(15)14-7-11-5-4-6-18-11/h4-6,9-10H,3,7-8,13H2,1-2H3,(H,14,15). The highest BCUT2D eigenvalue weighted by Crippen LogP contribution is 2.06. The Morgan fingerprint density at radius 1 is 1.53 bits per heavy atom. The van der Waals surface area contributed by atoms with Crippen molar-refractivity contribution in [2.45, 2.75) is 38.1 Å². The van der Waals surface area contributed by atoms with Gasteiger partial charge in [-0.05, 0) is 25.5 Å². The number of carbonyl (C=O) groups excluding carboxylic acids is 1. The first-order valence-corrected chi connectivity index (χ1v) is 7.85. The highest BCUT2D eigenvalue weighted by atomic mass is 32.2. The predicted molar refractivity (Wildman–Crippen MR) is 72.1 cm³/mol. The molecule has 0 aromatic carbocycles. The van der Waals surface area contributed by atoms with Crippen LogP contribution in [0.3, 0.4) is 0 Å². The smallest absolute Gasteiger partial charge is 0.238 e. The lowest BCUT2D eigenvalue weighted by molar-refractivity contribution is -0.120. The van der Waals surface area contributed by atoms with Crippen LogP contribution in [0.25, 0.3) is 0 Å². The number of sulfone groups is 1. The van der Waals surface area contributed by atoms with E-state index >= 15 is 0 Å². The van der Waals surface area contributed by atoms with Crippen LogP contribution in [0.15, 0.2) is 22.8 Å². The third-order valence-electron chi connectivity index (χ3n) is 2.90. The molecule has 0 saturated carbocycles. The molecule has 1 amide bonds. The Kier molecular flexibility index (Phi) is 5.56. The SMILES string of the molecule is CCC(N)CS(=O)(=O)C(C)C(=O)NCc1ccco1. The minimum absolute atomic E-state index is 0.172. The van der Waals surface area contributed by atoms with Gasteiger partial charge in [0.1, 0.15) is 11.0 Å². The molecule has 19 heavy (non-hydrogen) atoms. The summed E-state index contributed by atoms with van der Waals surface area (Å²) in [6.45, 7) is 3.35. The quantitative estimate of drug-likeness (QED) is 0.757. The summed E-state index contributed by atoms with van der Waals surface area (Å²) in [5, 5.41) is 1.42. The second kappa shape index (κ2) is 6.72. The third kappa shape index (κ3) is 4.68. The fourth-order valence-electron chi connectivity index (χ4n) is 1.45. The van der Waals surface area contributed by atoms with E-state index in [0.29, 0.717) is 12.2 Å². The van der Waals surface area contributed by atoms with Crippen molar-refractivity contribution in [2.24, 2.45) is 5.73 Å². The Morgan fingerprint density at radius 3 is 2.74 bits per heavy atom. The molecule has 0 spiro atoms. The van der Waals surface area contributed by atoms with Gasteiger partial charge in [-0.15, -0.1) is 0 Å². The maximum atomic E-state index is 11.9. The number of hydrogen-bond acceptors (Lipinski definition) is 5. The van der Waals surface area contributed by atoms with Gasteiger partial charge in [-0.2, -0.15) is 0 Å². The van der Waals surface area contributed by atoms with Crippen LogP contribution < -0.4 is 11.1 Å². The summed E-state index contributed by atoms with van der Waals surface area (Å²) in [4.78, 5) is 11.8. The van der Waals surface area contributed by atoms with E-state index in [9.17, 15) is 13.2 Å². The highest BCUT2D eigenvalue weighted by molar-refractivity contribution is 7.92. The van der Waals surface area contributed by atoms with Gasteiger partial charge in [-0.1, -0.05) is 6.92 Å². The van der Waals surface area contributed by atoms with Gasteiger partial charge in [0.25, 0.3) is 0 Å². The number of nitrogens with one attached hydrogen (secondary N) is 1. The third-order valence-corrected chi connectivity index (χ3v) is 5.08. The summed E-state index contributed by atoms with van der Waals surface area (Å²) < 4.78 is 28.9. The van der Waals surface area contributed by atoms with Crippen molar-refractivity contribution in [2.75, 3.05) is 5.75 Å². The molecule has 3 N–H and O–H groups in total. The zero-order valence-corrected chi connectivity index (χ0v) is 11.9. The van der Waals surface area contributed by atoms with Crippen LogP contribution in [0.4, 0.5) is 0 Å². The van der Waals surface area contributed by atoms with Gasteiger partial charge in [-0.3, -0.25) is 4.79 Å². The lowest BCUT2D eigenvalue weighted by Gasteiger charge is -2.15. The predicted octanol–water partition coefficient (Wildman–Crippen LogP) is 0.436. The lowest BCUT2D eigenvalue weighted by Crippen LogP contribution is -2.42. The van der Waals surface area contributed by atoms with Crippen LogP contribution in [-0.2, 0) is 21.2 Å². The van der Waals surface area contributed by atoms with Crippen LogP contribution in [-0.4, -0.2) is 31.4 Å². The van der Waals surface area contributed by atoms with Crippen LogP contribution in [0, 0.1) is 0 Å². The van der Waals surface area contributed by atoms with Crippen LogP contribution in [0.5, 0.6) is 0 Å². The Labute approximate surface area is 113 Å². The molecule has 0 saturated heterocycles. The summed E-state index contributed by atoms with van der Waals surface area (Å²) in [6.07, 6.45) is 2.04. The molecule has 108 valence electrons. The van der Waals surface area contributed by atoms with Gasteiger partial charge < -0.3 is 15.5 Å². The van der Waals surface area contributed by atoms with Crippen LogP contribution in [0.1, 0.15) is 26.0 Å². The van der Waals surface area contributed by atoms with Gasteiger partial charge in [0, 0.05) is 6.04 Å². The van der Waals surface area contributed by atoms with Crippen LogP contribution >= 0.6 is 0 Å². The molecule has 1 aromatic rings. The molecule has 0 bridgehead atoms. The fourth-order valence-corrected chi connectivity index (χ4v) is 2.99. The second-order valence-corrected chi connectivity index (χ2v) is 6.80. The molecular weight excluding hydrogens is 268 g/mol. The van der Waals surface area contributed by atoms with Crippen molar-refractivity contribution >= 4 is 15.7 Å². The minimum Gasteiger partial charge on any atom is -0.467 e. The van der Waals surface area contributed by atoms with Crippen molar-refractivity contribution in [1.82, 2.24) is 5.32 Å². The fraction of sp³-hybridized carbons (Fsp3) is 0.583. The van der Waals surface area contributed by atoms with E-state index in [1.165, 1.54) is 13.2 Å². The van der Waals surface area contributed by atoms with E-state index in [0.717, 1.165) is 0 Å². The average Bonchev–Trinajstić information content (AvgIpc) is 2.87. The molecule has 0 aliphatic rings. The highest BCUT2D eigenvalue weighted by Gasteiger charge is 2.29. The Morgan fingerprint density at radius 2 is 2.21 bits per heavy atom. The Balaban J connectivity index is 2.56. The van der Waals surface area contributed by atoms with Gasteiger partial charge in [-0.25, -0.2) is 8.42 Å². The molecule has 1 heterocycles. The molecule has 1 rings (SSSR count). The summed E-state index contributed by atoms with van der Waals surface area (Å²) in [5.41, 5.74) is 5.62. The Bertz CT molecular complexity index is 496. The maximum Gasteiger partial charge on any atom is 0.238 e. The monoisotopic (exact) mass is 288 g/mol. The number of carbonyl (C=O) groups is 1. The maximum absolute atomic E-state index is 11.9. The summed E-state index contributed by atoms with van der Waals surface area (Å²) in [6, 6.07) is 2.96. The first kappa shape index (κ1) is 15.7. The molecule has 2 atom stereocenters. The number of nitrogens with two attached hydrogens (primary N) is 1. The first-order valence-electron chi connectivity index (χ1n) is 6.14. The van der Waals surface area contributed by atoms with Crippen molar-refractivity contribution < 1.29 is 17.6 Å². The van der Waals surface area contributed by atoms with Gasteiger partial charge in [0.15, 0.2) is 9.84 Å². The summed E-state index contributed by atoms with van der Waals surface area (Å²) in [7, 11) is -3.53. The second-order valence-electron chi connectivity index (χ2n) is 4.44. The molecule has 6 nitrogen and oxygen atoms in total. The van der Waals surface area contributed by atoms with Crippen LogP contribution in [0.2, 0.25) is 0 Å². The zero-order valence-electron chi connectivity index (χ0n) is 11.1. The molecular formula is C12H20N2O4S. The normalized spacial score (nSPS) is 14.9. The Hall–Kier alpha value is -1.34. The number of amides is 1. The minimum atomic E-state index is -3.53. The average molecular weight is 288 g/mol. The molecule has 0 radical (unpaired) electrons. The number of hydrogen-bond donors (Lipinski definition) is 2. The van der Waals surface area contributed by atoms with E-state index in [4.69, 9.17) is 10.2 Å². The van der Waals surface area contributed by atoms with Gasteiger partial charge in [0.2, 0.25) is 5.91 Å². The summed E-state index contributed by atoms with van der Waals surface area (Å²) >= 11 is 0. The van der Waals surface area contributed by atoms with Crippen molar-refractivity contribution in [1.29, 1.82) is 0 Å². The van der Waals surface area contributed by atoms with E-state index in [1.807, 2.05) is 6.92 Å². The molecule has 7 heteroatoms.